The van der Waals surface area contributed by atoms with Crippen LogP contribution in [0.2, 0.25) is 0 Å². The lowest BCUT2D eigenvalue weighted by atomic mass is 9.72. The number of aliphatic hydroxyl groups excluding tert-OH is 4. The maximum Gasteiger partial charge on any atom is 0.508 e. The molecule has 0 saturated heterocycles. The molecule has 15 atom stereocenters. The molecule has 4 aromatic carbocycles. The third kappa shape index (κ3) is 23.2. The van der Waals surface area contributed by atoms with Crippen LogP contribution in [0.4, 0.5) is 4.79 Å². The van der Waals surface area contributed by atoms with Crippen molar-refractivity contribution in [1.29, 1.82) is 0 Å². The van der Waals surface area contributed by atoms with Crippen LogP contribution in [0.25, 0.3) is 0 Å². The van der Waals surface area contributed by atoms with Crippen molar-refractivity contribution in [1.82, 2.24) is 0 Å². The summed E-state index contributed by atoms with van der Waals surface area (Å²) in [4.78, 5) is 58.6. The van der Waals surface area contributed by atoms with Gasteiger partial charge in [0.15, 0.2) is 13.2 Å². The van der Waals surface area contributed by atoms with Gasteiger partial charge in [-0.25, -0.2) is 14.4 Å². The van der Waals surface area contributed by atoms with E-state index in [0.717, 1.165) is 169 Å². The van der Waals surface area contributed by atoms with Gasteiger partial charge in [-0.3, -0.25) is 9.59 Å². The number of hydrogen-bond acceptors (Lipinski definition) is 18. The Hall–Kier alpha value is -6.61. The third-order valence-corrected chi connectivity index (χ3v) is 22.4. The molecule has 6 aliphatic rings. The van der Waals surface area contributed by atoms with Gasteiger partial charge in [-0.1, -0.05) is 145 Å². The predicted octanol–water partition coefficient (Wildman–Crippen LogP) is 12.2. The van der Waals surface area contributed by atoms with E-state index < -0.39 is 24.1 Å². The number of nitrogens with two attached hydrogens (primary N) is 2. The molecule has 0 aliphatic heterocycles. The first-order valence-electron chi connectivity index (χ1n) is 37.6. The lowest BCUT2D eigenvalue weighted by Gasteiger charge is -2.33. The van der Waals surface area contributed by atoms with Crippen molar-refractivity contribution in [2.45, 2.75) is 244 Å². The summed E-state index contributed by atoms with van der Waals surface area (Å²) in [6.07, 6.45) is 22.6. The lowest BCUT2D eigenvalue weighted by molar-refractivity contribution is -0.150. The molecule has 0 heterocycles. The molecule has 19 nitrogen and oxygen atoms in total. The quantitative estimate of drug-likeness (QED) is 0.0128. The van der Waals surface area contributed by atoms with Crippen LogP contribution >= 0.6 is 0 Å². The van der Waals surface area contributed by atoms with Crippen molar-refractivity contribution in [2.75, 3.05) is 33.4 Å². The molecule has 3 fully saturated rings. The van der Waals surface area contributed by atoms with E-state index in [2.05, 4.69) is 43.7 Å². The Morgan fingerprint density at radius 2 is 0.980 bits per heavy atom. The van der Waals surface area contributed by atoms with Crippen LogP contribution in [0, 0.1) is 53.3 Å². The topological polar surface area (TPSA) is 303 Å². The summed E-state index contributed by atoms with van der Waals surface area (Å²) in [5, 5.41) is 51.3. The van der Waals surface area contributed by atoms with E-state index in [9.17, 15) is 44.4 Å². The minimum absolute atomic E-state index is 0.0811. The van der Waals surface area contributed by atoms with Gasteiger partial charge in [0.25, 0.3) is 0 Å². The molecule has 0 amide bonds. The Kier molecular flexibility index (Phi) is 32.3. The number of fused-ring (bicyclic) bond motifs is 6. The molecule has 552 valence electrons. The highest BCUT2D eigenvalue weighted by Gasteiger charge is 2.49. The number of ether oxygens (including phenoxy) is 7. The SMILES string of the molecule is CCCCC[C@@H](O)CC[C@@H]1C2Cc3cccc(COC(=O)OCc4ccccc4)c3CC2C[C@H]1O.CCCCC[C@@H](O)CC[C@@H]1C2Cc3cccc(OCC(=O)OC)c3CC2C[C@H]1O.CCCCC[C@H](CC[C@@H]1C2Cc3cccc(OCC(=O)O)c3CC2C[C@H]1OC(=O)CN)OC(=O)CN. The van der Waals surface area contributed by atoms with E-state index >= 15 is 0 Å². The second-order valence-electron chi connectivity index (χ2n) is 29.1. The van der Waals surface area contributed by atoms with E-state index in [1.54, 1.807) is 0 Å². The summed E-state index contributed by atoms with van der Waals surface area (Å²) < 4.78 is 38.1. The maximum atomic E-state index is 12.1. The number of carbonyl (C=O) groups is 5. The Balaban J connectivity index is 0.000000192. The number of esters is 3. The van der Waals surface area contributed by atoms with Crippen molar-refractivity contribution in [3.05, 3.63) is 129 Å². The van der Waals surface area contributed by atoms with E-state index in [-0.39, 0.29) is 106 Å². The van der Waals surface area contributed by atoms with Gasteiger partial charge >= 0.3 is 30.0 Å². The first-order valence-corrected chi connectivity index (χ1v) is 37.6. The second kappa shape index (κ2) is 40.9. The average Bonchev–Trinajstić information content (AvgIpc) is 1.61. The van der Waals surface area contributed by atoms with Gasteiger partial charge in [-0.05, 0) is 232 Å². The van der Waals surface area contributed by atoms with Crippen molar-refractivity contribution in [3.63, 3.8) is 0 Å². The highest BCUT2D eigenvalue weighted by Crippen LogP contribution is 2.52. The summed E-state index contributed by atoms with van der Waals surface area (Å²) in [7, 11) is 1.36. The molecule has 10 rings (SSSR count). The van der Waals surface area contributed by atoms with Crippen molar-refractivity contribution < 1.29 is 82.7 Å². The number of rotatable bonds is 35. The fraction of sp³-hybridized carbons (Fsp3) is 0.642. The van der Waals surface area contributed by atoms with E-state index in [1.807, 2.05) is 66.7 Å². The fourth-order valence-corrected chi connectivity index (χ4v) is 17.3. The van der Waals surface area contributed by atoms with Gasteiger partial charge < -0.3 is 70.2 Å². The molecule has 0 spiro atoms. The summed E-state index contributed by atoms with van der Waals surface area (Å²) in [6.45, 7) is 6.11. The lowest BCUT2D eigenvalue weighted by Crippen LogP contribution is -2.32. The first-order chi connectivity index (χ1) is 48.4. The largest absolute Gasteiger partial charge is 0.508 e. The smallest absolute Gasteiger partial charge is 0.482 e. The van der Waals surface area contributed by atoms with Crippen molar-refractivity contribution in [2.24, 2.45) is 64.7 Å². The average molecular weight is 1390 g/mol. The Morgan fingerprint density at radius 1 is 0.500 bits per heavy atom. The number of carboxylic acid groups (broad SMARTS) is 1. The minimum Gasteiger partial charge on any atom is -0.482 e. The summed E-state index contributed by atoms with van der Waals surface area (Å²) in [6, 6.07) is 27.6. The zero-order chi connectivity index (χ0) is 71.5. The number of aliphatic hydroxyl groups is 4. The molecule has 6 aliphatic carbocycles. The zero-order valence-corrected chi connectivity index (χ0v) is 59.9. The van der Waals surface area contributed by atoms with Crippen LogP contribution in [0.5, 0.6) is 11.5 Å². The standard InChI is InChI=1S/C30H40O5.C27H40N2O7.C24H36O5/c1-2-3-5-13-25(31)14-15-26-28-16-22-11-8-12-23(27(22)17-24(28)18-29(26)32)20-35-30(33)34-19-21-9-6-4-7-10-21;1-2-3-4-7-19(35-26(32)14-28)9-10-20-21-11-17-6-5-8-23(34-16-25(30)31)22(17)12-18(21)13-24(20)36-27(33)15-29;1-3-4-5-8-18(25)10-11-19-20-12-16-7-6-9-23(29-15-24(27)28-2)21(16)13-17(20)14-22(19)26/h4,6-12,24-26,28-29,31-32H,2-3,5,13-20H2,1H3;5-6,8,18-21,24H,2-4,7,9-16,28-29H2,1H3,(H,30,31);6-7,9,17-20,22,25-26H,3-5,8,10-15H2,1-2H3/t24?,25-,26-,28?,29-;18?,19-,20-,21?,24-;17?,18-,19-,20?,22-/m111/s1. The molecular weight excluding hydrogens is 1270 g/mol. The maximum absolute atomic E-state index is 12.1. The Morgan fingerprint density at radius 3 is 1.51 bits per heavy atom. The van der Waals surface area contributed by atoms with Crippen LogP contribution in [-0.2, 0) is 94.6 Å². The third-order valence-electron chi connectivity index (χ3n) is 22.4. The monoisotopic (exact) mass is 1390 g/mol. The van der Waals surface area contributed by atoms with Gasteiger partial charge in [0.1, 0.15) is 36.9 Å². The van der Waals surface area contributed by atoms with Crippen LogP contribution in [-0.4, -0.2) is 126 Å². The molecule has 0 aromatic heterocycles. The number of aliphatic carboxylic acids is 1. The Labute approximate surface area is 593 Å². The first kappa shape index (κ1) is 79.1. The molecule has 19 heteroatoms. The molecular formula is C81H116N2O17. The van der Waals surface area contributed by atoms with E-state index in [0.29, 0.717) is 41.8 Å². The summed E-state index contributed by atoms with van der Waals surface area (Å²) >= 11 is 0. The Bertz CT molecular complexity index is 3180. The molecule has 9 N–H and O–H groups in total. The van der Waals surface area contributed by atoms with Gasteiger partial charge in [0, 0.05) is 0 Å². The van der Waals surface area contributed by atoms with Gasteiger partial charge in [0.05, 0.1) is 44.6 Å². The van der Waals surface area contributed by atoms with Crippen LogP contribution < -0.4 is 20.9 Å². The molecule has 0 radical (unpaired) electrons. The number of carboxylic acids is 1. The minimum atomic E-state index is -1.01. The normalized spacial score (nSPS) is 24.4. The predicted molar refractivity (Wildman–Crippen MR) is 381 cm³/mol. The summed E-state index contributed by atoms with van der Waals surface area (Å²) in [5.41, 5.74) is 20.2. The van der Waals surface area contributed by atoms with Crippen LogP contribution in [0.1, 0.15) is 200 Å². The molecule has 3 saturated carbocycles. The molecule has 6 unspecified atom stereocenters. The number of hydrogen-bond donors (Lipinski definition) is 7. The number of carbonyl (C=O) groups excluding carboxylic acids is 4. The second-order valence-corrected chi connectivity index (χ2v) is 29.1. The van der Waals surface area contributed by atoms with Gasteiger partial charge in [-0.2, -0.15) is 0 Å². The van der Waals surface area contributed by atoms with Crippen molar-refractivity contribution >= 4 is 30.0 Å². The number of methoxy groups -OCH3 is 1. The molecule has 0 bridgehead atoms. The van der Waals surface area contributed by atoms with Gasteiger partial charge in [0.2, 0.25) is 0 Å². The number of benzene rings is 4. The summed E-state index contributed by atoms with van der Waals surface area (Å²) in [5.74, 6) is 2.13. The van der Waals surface area contributed by atoms with E-state index in [4.69, 9.17) is 45.0 Å². The highest BCUT2D eigenvalue weighted by molar-refractivity contribution is 5.72. The van der Waals surface area contributed by atoms with E-state index in [1.165, 1.54) is 55.0 Å². The van der Waals surface area contributed by atoms with Crippen molar-refractivity contribution in [3.8, 4) is 11.5 Å². The van der Waals surface area contributed by atoms with Crippen LogP contribution in [0.3, 0.4) is 0 Å². The fourth-order valence-electron chi connectivity index (χ4n) is 17.3. The number of unbranched alkanes of at least 4 members (excludes halogenated alkanes) is 6. The zero-order valence-electron chi connectivity index (χ0n) is 59.9. The molecule has 4 aromatic rings. The van der Waals surface area contributed by atoms with Gasteiger partial charge in [-0.15, -0.1) is 0 Å². The molecule has 100 heavy (non-hydrogen) atoms. The highest BCUT2D eigenvalue weighted by atomic mass is 16.7. The van der Waals surface area contributed by atoms with Crippen LogP contribution in [0.15, 0.2) is 84.9 Å².